The Balaban J connectivity index is 1.93. The van der Waals surface area contributed by atoms with E-state index >= 15 is 0 Å². The zero-order valence-electron chi connectivity index (χ0n) is 14.5. The van der Waals surface area contributed by atoms with Crippen LogP contribution in [0.2, 0.25) is 0 Å². The van der Waals surface area contributed by atoms with Crippen LogP contribution in [0.15, 0.2) is 41.3 Å². The van der Waals surface area contributed by atoms with Crippen LogP contribution >= 0.6 is 0 Å². The Kier molecular flexibility index (Phi) is 4.56. The van der Waals surface area contributed by atoms with E-state index in [1.54, 1.807) is 18.2 Å². The van der Waals surface area contributed by atoms with Gasteiger partial charge in [0.2, 0.25) is 5.91 Å². The van der Waals surface area contributed by atoms with Crippen LogP contribution < -0.4 is 9.50 Å². The van der Waals surface area contributed by atoms with Crippen molar-refractivity contribution in [3.63, 3.8) is 0 Å². The van der Waals surface area contributed by atoms with Crippen LogP contribution in [0.4, 0.5) is 5.69 Å². The van der Waals surface area contributed by atoms with E-state index in [1.165, 1.54) is 6.07 Å². The van der Waals surface area contributed by atoms with Crippen LogP contribution in [0, 0.1) is 6.92 Å². The number of aryl methyl sites for hydroxylation is 2. The first-order chi connectivity index (χ1) is 11.8. The second kappa shape index (κ2) is 6.52. The summed E-state index contributed by atoms with van der Waals surface area (Å²) in [6, 6.07) is 10.3. The predicted octanol–water partition coefficient (Wildman–Crippen LogP) is 3.77. The van der Waals surface area contributed by atoms with Crippen molar-refractivity contribution >= 4 is 21.7 Å². The van der Waals surface area contributed by atoms with E-state index in [2.05, 4.69) is 5.32 Å². The van der Waals surface area contributed by atoms with E-state index in [-0.39, 0.29) is 16.7 Å². The number of hydrogen-bond donors (Lipinski definition) is 1. The molecule has 2 aromatic rings. The highest BCUT2D eigenvalue weighted by Gasteiger charge is 2.22. The van der Waals surface area contributed by atoms with E-state index in [4.69, 9.17) is 4.18 Å². The van der Waals surface area contributed by atoms with Crippen molar-refractivity contribution < 1.29 is 17.4 Å². The highest BCUT2D eigenvalue weighted by molar-refractivity contribution is 7.87. The van der Waals surface area contributed by atoms with Crippen LogP contribution in [-0.4, -0.2) is 14.3 Å². The average Bonchev–Trinajstić information content (AvgIpc) is 2.55. The van der Waals surface area contributed by atoms with Gasteiger partial charge in [0.1, 0.15) is 10.6 Å². The van der Waals surface area contributed by atoms with Gasteiger partial charge in [-0.2, -0.15) is 8.42 Å². The number of carbonyl (C=O) groups is 1. The molecule has 1 aliphatic rings. The molecule has 0 bridgehead atoms. The lowest BCUT2D eigenvalue weighted by Gasteiger charge is -2.18. The Hall–Kier alpha value is -2.34. The molecule has 6 heteroatoms. The molecule has 0 fully saturated rings. The third-order valence-electron chi connectivity index (χ3n) is 4.34. The summed E-state index contributed by atoms with van der Waals surface area (Å²) >= 11 is 0. The molecule has 0 aromatic heterocycles. The van der Waals surface area contributed by atoms with Gasteiger partial charge in [-0.3, -0.25) is 4.79 Å². The smallest absolute Gasteiger partial charge is 0.339 e. The molecule has 2 aromatic carbocycles. The molecule has 1 aliphatic heterocycles. The number of anilines is 1. The third kappa shape index (κ3) is 3.69. The zero-order chi connectivity index (χ0) is 18.2. The summed E-state index contributed by atoms with van der Waals surface area (Å²) in [5.74, 6) is 0.565. The van der Waals surface area contributed by atoms with E-state index in [9.17, 15) is 13.2 Å². The maximum Gasteiger partial charge on any atom is 0.339 e. The Labute approximate surface area is 148 Å². The number of carbonyl (C=O) groups excluding carboxylic acids is 1. The summed E-state index contributed by atoms with van der Waals surface area (Å²) in [5, 5.41) is 2.74. The summed E-state index contributed by atoms with van der Waals surface area (Å²) in [4.78, 5) is 11.5. The molecular weight excluding hydrogens is 338 g/mol. The number of amides is 1. The molecule has 25 heavy (non-hydrogen) atoms. The standard InChI is InChI=1S/C19H21NO4S/c1-12(2)14-5-4-13(3)18(11-14)24-25(22,23)16-7-8-17-15(10-16)6-9-19(21)20-17/h4-5,7-8,10-12H,6,9H2,1-3H3,(H,20,21). The topological polar surface area (TPSA) is 72.5 Å². The van der Waals surface area contributed by atoms with Gasteiger partial charge in [0.15, 0.2) is 0 Å². The third-order valence-corrected chi connectivity index (χ3v) is 5.57. The lowest BCUT2D eigenvalue weighted by Crippen LogP contribution is -2.19. The highest BCUT2D eigenvalue weighted by Crippen LogP contribution is 2.29. The van der Waals surface area contributed by atoms with Gasteiger partial charge < -0.3 is 9.50 Å². The van der Waals surface area contributed by atoms with Crippen LogP contribution in [0.25, 0.3) is 0 Å². The Morgan fingerprint density at radius 1 is 1.08 bits per heavy atom. The molecule has 132 valence electrons. The number of hydrogen-bond acceptors (Lipinski definition) is 4. The van der Waals surface area contributed by atoms with Gasteiger partial charge >= 0.3 is 10.1 Å². The molecule has 1 N–H and O–H groups in total. The molecule has 0 aliphatic carbocycles. The molecule has 3 rings (SSSR count). The van der Waals surface area contributed by atoms with E-state index in [0.717, 1.165) is 16.7 Å². The SMILES string of the molecule is Cc1ccc(C(C)C)cc1OS(=O)(=O)c1ccc2c(c1)CCC(=O)N2. The molecule has 1 heterocycles. The van der Waals surface area contributed by atoms with Crippen LogP contribution in [0.5, 0.6) is 5.75 Å². The fourth-order valence-corrected chi connectivity index (χ4v) is 3.78. The average molecular weight is 359 g/mol. The minimum atomic E-state index is -3.94. The fraction of sp³-hybridized carbons (Fsp3) is 0.316. The van der Waals surface area contributed by atoms with Crippen molar-refractivity contribution in [1.29, 1.82) is 0 Å². The van der Waals surface area contributed by atoms with Gasteiger partial charge in [-0.15, -0.1) is 0 Å². The van der Waals surface area contributed by atoms with Gasteiger partial charge in [-0.25, -0.2) is 0 Å². The molecular formula is C19H21NO4S. The Morgan fingerprint density at radius 2 is 1.84 bits per heavy atom. The van der Waals surface area contributed by atoms with Gasteiger partial charge in [-0.05, 0) is 60.2 Å². The maximum absolute atomic E-state index is 12.7. The number of benzene rings is 2. The monoisotopic (exact) mass is 359 g/mol. The lowest BCUT2D eigenvalue weighted by molar-refractivity contribution is -0.116. The van der Waals surface area contributed by atoms with Crippen molar-refractivity contribution in [2.75, 3.05) is 5.32 Å². The summed E-state index contributed by atoms with van der Waals surface area (Å²) in [7, 11) is -3.94. The lowest BCUT2D eigenvalue weighted by atomic mass is 10.0. The Morgan fingerprint density at radius 3 is 2.56 bits per heavy atom. The number of nitrogens with one attached hydrogen (secondary N) is 1. The highest BCUT2D eigenvalue weighted by atomic mass is 32.2. The summed E-state index contributed by atoms with van der Waals surface area (Å²) in [5.41, 5.74) is 3.24. The molecule has 0 unspecified atom stereocenters. The van der Waals surface area contributed by atoms with E-state index in [1.807, 2.05) is 32.9 Å². The molecule has 0 atom stereocenters. The molecule has 0 spiro atoms. The molecule has 0 saturated heterocycles. The van der Waals surface area contributed by atoms with Crippen LogP contribution in [0.3, 0.4) is 0 Å². The molecule has 5 nitrogen and oxygen atoms in total. The Bertz CT molecular complexity index is 932. The molecule has 0 radical (unpaired) electrons. The van der Waals surface area contributed by atoms with Crippen molar-refractivity contribution in [3.05, 3.63) is 53.1 Å². The van der Waals surface area contributed by atoms with E-state index < -0.39 is 10.1 Å². The van der Waals surface area contributed by atoms with Gasteiger partial charge in [-0.1, -0.05) is 26.0 Å². The first-order valence-corrected chi connectivity index (χ1v) is 9.65. The first kappa shape index (κ1) is 17.5. The van der Waals surface area contributed by atoms with Crippen molar-refractivity contribution in [2.24, 2.45) is 0 Å². The van der Waals surface area contributed by atoms with Crippen molar-refractivity contribution in [1.82, 2.24) is 0 Å². The van der Waals surface area contributed by atoms with Gasteiger partial charge in [0, 0.05) is 12.1 Å². The molecule has 1 amide bonds. The number of fused-ring (bicyclic) bond motifs is 1. The largest absolute Gasteiger partial charge is 0.379 e. The van der Waals surface area contributed by atoms with Crippen LogP contribution in [0.1, 0.15) is 42.9 Å². The second-order valence-corrected chi connectivity index (χ2v) is 8.13. The predicted molar refractivity (Wildman–Crippen MR) is 96.5 cm³/mol. The molecule has 0 saturated carbocycles. The second-order valence-electron chi connectivity index (χ2n) is 6.58. The minimum Gasteiger partial charge on any atom is -0.379 e. The van der Waals surface area contributed by atoms with Crippen molar-refractivity contribution in [2.45, 2.75) is 44.4 Å². The fourth-order valence-electron chi connectivity index (χ4n) is 2.75. The van der Waals surface area contributed by atoms with Crippen molar-refractivity contribution in [3.8, 4) is 5.75 Å². The summed E-state index contributed by atoms with van der Waals surface area (Å²) in [6.07, 6.45) is 0.874. The first-order valence-electron chi connectivity index (χ1n) is 8.24. The van der Waals surface area contributed by atoms with Gasteiger partial charge in [0.25, 0.3) is 0 Å². The normalized spacial score (nSPS) is 14.2. The quantitative estimate of drug-likeness (QED) is 0.844. The summed E-state index contributed by atoms with van der Waals surface area (Å²) < 4.78 is 30.8. The maximum atomic E-state index is 12.7. The number of rotatable bonds is 4. The summed E-state index contributed by atoms with van der Waals surface area (Å²) in [6.45, 7) is 5.90. The van der Waals surface area contributed by atoms with E-state index in [0.29, 0.717) is 24.3 Å². The van der Waals surface area contributed by atoms with Gasteiger partial charge in [0.05, 0.1) is 0 Å². The minimum absolute atomic E-state index is 0.0551. The zero-order valence-corrected chi connectivity index (χ0v) is 15.3. The van der Waals surface area contributed by atoms with Crippen LogP contribution in [-0.2, 0) is 21.3 Å².